The summed E-state index contributed by atoms with van der Waals surface area (Å²) in [5.41, 5.74) is 0.830. The molecule has 4 heteroatoms. The minimum Gasteiger partial charge on any atom is -0.382 e. The van der Waals surface area contributed by atoms with Gasteiger partial charge in [-0.15, -0.1) is 0 Å². The Morgan fingerprint density at radius 1 is 1.18 bits per heavy atom. The molecule has 0 unspecified atom stereocenters. The van der Waals surface area contributed by atoms with Crippen LogP contribution in [0.5, 0.6) is 0 Å². The minimum atomic E-state index is -0.536. The van der Waals surface area contributed by atoms with Gasteiger partial charge in [0.05, 0.1) is 11.1 Å². The molecule has 0 saturated carbocycles. The van der Waals surface area contributed by atoms with Gasteiger partial charge >= 0.3 is 0 Å². The fourth-order valence-corrected chi connectivity index (χ4v) is 2.38. The maximum Gasteiger partial charge on any atom is 0.190 e. The van der Waals surface area contributed by atoms with Crippen molar-refractivity contribution >= 4 is 21.7 Å². The standard InChI is InChI=1S/C18H17BrFNO/c1-18(2,13-6-4-3-5-7-13)21-11-10-17(22)15-9-8-14(19)12-16(15)20/h3-12,21H,1-2H3/b11-10+. The minimum absolute atomic E-state index is 0.0544. The Labute approximate surface area is 138 Å². The number of ketones is 1. The molecule has 1 N–H and O–H groups in total. The Balaban J connectivity index is 2.07. The molecule has 0 heterocycles. The summed E-state index contributed by atoms with van der Waals surface area (Å²) in [6, 6.07) is 14.3. The fraction of sp³-hybridized carbons (Fsp3) is 0.167. The van der Waals surface area contributed by atoms with Gasteiger partial charge in [0.25, 0.3) is 0 Å². The lowest BCUT2D eigenvalue weighted by Gasteiger charge is -2.25. The highest BCUT2D eigenvalue weighted by molar-refractivity contribution is 9.10. The molecule has 0 aliphatic carbocycles. The second-order valence-corrected chi connectivity index (χ2v) is 6.37. The number of carbonyl (C=O) groups excluding carboxylic acids is 1. The summed E-state index contributed by atoms with van der Waals surface area (Å²) in [4.78, 5) is 12.0. The molecule has 2 rings (SSSR count). The van der Waals surface area contributed by atoms with Crippen LogP contribution in [0.2, 0.25) is 0 Å². The van der Waals surface area contributed by atoms with Crippen molar-refractivity contribution in [3.63, 3.8) is 0 Å². The summed E-state index contributed by atoms with van der Waals surface area (Å²) in [5.74, 6) is -0.910. The van der Waals surface area contributed by atoms with E-state index < -0.39 is 5.82 Å². The van der Waals surface area contributed by atoms with Crippen LogP contribution in [0, 0.1) is 5.82 Å². The van der Waals surface area contributed by atoms with Crippen LogP contribution in [0.1, 0.15) is 29.8 Å². The van der Waals surface area contributed by atoms with Crippen molar-refractivity contribution in [2.45, 2.75) is 19.4 Å². The normalized spacial score (nSPS) is 11.6. The van der Waals surface area contributed by atoms with E-state index in [0.29, 0.717) is 4.47 Å². The summed E-state index contributed by atoms with van der Waals surface area (Å²) in [6.45, 7) is 4.02. The number of hydrogen-bond acceptors (Lipinski definition) is 2. The lowest BCUT2D eigenvalue weighted by Crippen LogP contribution is -2.32. The molecule has 22 heavy (non-hydrogen) atoms. The molecule has 0 aliphatic heterocycles. The zero-order chi connectivity index (χ0) is 16.2. The lowest BCUT2D eigenvalue weighted by atomic mass is 9.94. The van der Waals surface area contributed by atoms with Crippen LogP contribution in [-0.2, 0) is 5.54 Å². The van der Waals surface area contributed by atoms with Crippen LogP contribution in [0.3, 0.4) is 0 Å². The average molecular weight is 362 g/mol. The number of benzene rings is 2. The van der Waals surface area contributed by atoms with Gasteiger partial charge in [0.15, 0.2) is 5.78 Å². The molecule has 0 spiro atoms. The third kappa shape index (κ3) is 4.04. The Hall–Kier alpha value is -1.94. The highest BCUT2D eigenvalue weighted by Crippen LogP contribution is 2.19. The third-order valence-corrected chi connectivity index (χ3v) is 3.86. The van der Waals surface area contributed by atoms with Gasteiger partial charge in [0, 0.05) is 16.7 Å². The smallest absolute Gasteiger partial charge is 0.190 e. The molecule has 2 aromatic rings. The summed E-state index contributed by atoms with van der Waals surface area (Å²) < 4.78 is 14.3. The zero-order valence-corrected chi connectivity index (χ0v) is 14.0. The SMILES string of the molecule is CC(C)(N/C=C/C(=O)c1ccc(Br)cc1F)c1ccccc1. The van der Waals surface area contributed by atoms with Crippen LogP contribution < -0.4 is 5.32 Å². The molecule has 2 nitrogen and oxygen atoms in total. The van der Waals surface area contributed by atoms with Gasteiger partial charge in [-0.05, 0) is 37.6 Å². The molecule has 114 valence electrons. The van der Waals surface area contributed by atoms with Crippen molar-refractivity contribution in [3.05, 3.63) is 82.2 Å². The first-order valence-corrected chi connectivity index (χ1v) is 7.68. The summed E-state index contributed by atoms with van der Waals surface area (Å²) in [5, 5.41) is 3.17. The van der Waals surface area contributed by atoms with Crippen molar-refractivity contribution in [1.82, 2.24) is 5.32 Å². The Kier molecular flexibility index (Phi) is 5.14. The van der Waals surface area contributed by atoms with Crippen molar-refractivity contribution in [1.29, 1.82) is 0 Å². The topological polar surface area (TPSA) is 29.1 Å². The molecular formula is C18H17BrFNO. The van der Waals surface area contributed by atoms with Crippen LogP contribution >= 0.6 is 15.9 Å². The molecule has 0 saturated heterocycles. The van der Waals surface area contributed by atoms with Gasteiger partial charge in [-0.1, -0.05) is 46.3 Å². The zero-order valence-electron chi connectivity index (χ0n) is 12.4. The van der Waals surface area contributed by atoms with Crippen molar-refractivity contribution in [2.75, 3.05) is 0 Å². The van der Waals surface area contributed by atoms with E-state index in [1.807, 2.05) is 44.2 Å². The maximum absolute atomic E-state index is 13.7. The van der Waals surface area contributed by atoms with Gasteiger partial charge in [-0.2, -0.15) is 0 Å². The van der Waals surface area contributed by atoms with E-state index in [1.165, 1.54) is 18.2 Å². The van der Waals surface area contributed by atoms with Gasteiger partial charge < -0.3 is 5.32 Å². The van der Waals surface area contributed by atoms with Crippen molar-refractivity contribution < 1.29 is 9.18 Å². The molecule has 0 bridgehead atoms. The van der Waals surface area contributed by atoms with E-state index in [1.54, 1.807) is 12.3 Å². The molecule has 0 radical (unpaired) electrons. The monoisotopic (exact) mass is 361 g/mol. The van der Waals surface area contributed by atoms with Crippen molar-refractivity contribution in [2.24, 2.45) is 0 Å². The highest BCUT2D eigenvalue weighted by atomic mass is 79.9. The van der Waals surface area contributed by atoms with Crippen LogP contribution in [-0.4, -0.2) is 5.78 Å². The first kappa shape index (κ1) is 16.4. The number of nitrogens with one attached hydrogen (secondary N) is 1. The van der Waals surface area contributed by atoms with E-state index in [2.05, 4.69) is 21.2 Å². The quantitative estimate of drug-likeness (QED) is 0.611. The van der Waals surface area contributed by atoms with Gasteiger partial charge in [0.2, 0.25) is 0 Å². The van der Waals surface area contributed by atoms with Crippen LogP contribution in [0.25, 0.3) is 0 Å². The molecule has 0 aromatic heterocycles. The summed E-state index contributed by atoms with van der Waals surface area (Å²) >= 11 is 3.17. The van der Waals surface area contributed by atoms with E-state index in [-0.39, 0.29) is 16.9 Å². The molecular weight excluding hydrogens is 345 g/mol. The maximum atomic E-state index is 13.7. The predicted octanol–water partition coefficient (Wildman–Crippen LogP) is 4.81. The van der Waals surface area contributed by atoms with E-state index in [0.717, 1.165) is 5.56 Å². The molecule has 0 atom stereocenters. The Morgan fingerprint density at radius 2 is 1.86 bits per heavy atom. The fourth-order valence-electron chi connectivity index (χ4n) is 2.04. The van der Waals surface area contributed by atoms with Gasteiger partial charge in [0.1, 0.15) is 5.82 Å². The van der Waals surface area contributed by atoms with Crippen LogP contribution in [0.15, 0.2) is 65.3 Å². The van der Waals surface area contributed by atoms with E-state index >= 15 is 0 Å². The largest absolute Gasteiger partial charge is 0.382 e. The first-order chi connectivity index (χ1) is 10.4. The lowest BCUT2D eigenvalue weighted by molar-refractivity contribution is 0.104. The number of hydrogen-bond donors (Lipinski definition) is 1. The van der Waals surface area contributed by atoms with E-state index in [9.17, 15) is 9.18 Å². The molecule has 0 aliphatic rings. The third-order valence-electron chi connectivity index (χ3n) is 3.37. The predicted molar refractivity (Wildman–Crippen MR) is 90.2 cm³/mol. The second-order valence-electron chi connectivity index (χ2n) is 5.46. The first-order valence-electron chi connectivity index (χ1n) is 6.89. The second kappa shape index (κ2) is 6.88. The Bertz CT molecular complexity index is 695. The van der Waals surface area contributed by atoms with Gasteiger partial charge in [-0.3, -0.25) is 4.79 Å². The summed E-state index contributed by atoms with van der Waals surface area (Å²) in [6.07, 6.45) is 2.91. The molecule has 2 aromatic carbocycles. The number of rotatable bonds is 5. The Morgan fingerprint density at radius 3 is 2.50 bits per heavy atom. The highest BCUT2D eigenvalue weighted by Gasteiger charge is 2.17. The number of carbonyl (C=O) groups is 1. The van der Waals surface area contributed by atoms with Gasteiger partial charge in [-0.25, -0.2) is 4.39 Å². The van der Waals surface area contributed by atoms with Crippen LogP contribution in [0.4, 0.5) is 4.39 Å². The number of allylic oxidation sites excluding steroid dienone is 1. The number of halogens is 2. The average Bonchev–Trinajstić information content (AvgIpc) is 2.47. The molecule has 0 amide bonds. The van der Waals surface area contributed by atoms with Crippen molar-refractivity contribution in [3.8, 4) is 0 Å². The summed E-state index contributed by atoms with van der Waals surface area (Å²) in [7, 11) is 0. The molecule has 0 fully saturated rings. The van der Waals surface area contributed by atoms with E-state index in [4.69, 9.17) is 0 Å².